The van der Waals surface area contributed by atoms with Gasteiger partial charge in [-0.05, 0) is 60.7 Å². The number of aliphatic hydroxyl groups is 1. The minimum atomic E-state index is -0.716. The van der Waals surface area contributed by atoms with Crippen molar-refractivity contribution < 1.29 is 23.9 Å². The van der Waals surface area contributed by atoms with Gasteiger partial charge in [-0.3, -0.25) is 19.9 Å². The SMILES string of the molecule is CCN(CCO)C/C(=C/CCc1ccc(F)cc1F)c1cc(C(=O)NO)ncc1C. The first-order chi connectivity index (χ1) is 14.4. The normalized spacial score (nSPS) is 11.8. The number of aryl methyl sites for hydroxylation is 2. The van der Waals surface area contributed by atoms with Crippen LogP contribution in [0.4, 0.5) is 8.78 Å². The maximum absolute atomic E-state index is 13.9. The highest BCUT2D eigenvalue weighted by Crippen LogP contribution is 2.22. The Hall–Kier alpha value is -2.68. The van der Waals surface area contributed by atoms with Gasteiger partial charge in [-0.15, -0.1) is 0 Å². The van der Waals surface area contributed by atoms with Crippen molar-refractivity contribution in [3.63, 3.8) is 0 Å². The van der Waals surface area contributed by atoms with Crippen LogP contribution in [0.1, 0.15) is 40.5 Å². The van der Waals surface area contributed by atoms with Crippen molar-refractivity contribution in [1.82, 2.24) is 15.4 Å². The summed E-state index contributed by atoms with van der Waals surface area (Å²) in [5.41, 5.74) is 4.57. The van der Waals surface area contributed by atoms with E-state index in [-0.39, 0.29) is 12.3 Å². The number of allylic oxidation sites excluding steroid dienone is 1. The van der Waals surface area contributed by atoms with E-state index in [1.165, 1.54) is 12.1 Å². The standard InChI is InChI=1S/C22H27F2N3O3/c1-3-27(9-10-28)14-17(6-4-5-16-7-8-18(23)11-20(16)24)19-12-21(22(29)26-30)25-13-15(19)2/h6-8,11-13,28,30H,3-5,9-10,14H2,1-2H3,(H,26,29)/b17-6-. The fourth-order valence-electron chi connectivity index (χ4n) is 3.17. The Morgan fingerprint density at radius 1 is 1.30 bits per heavy atom. The predicted octanol–water partition coefficient (Wildman–Crippen LogP) is 3.12. The van der Waals surface area contributed by atoms with Crippen LogP contribution < -0.4 is 5.48 Å². The van der Waals surface area contributed by atoms with Crippen LogP contribution in [-0.4, -0.2) is 52.3 Å². The van der Waals surface area contributed by atoms with E-state index >= 15 is 0 Å². The molecule has 2 rings (SSSR count). The second-order valence-electron chi connectivity index (χ2n) is 6.92. The zero-order chi connectivity index (χ0) is 22.1. The van der Waals surface area contributed by atoms with Gasteiger partial charge in [0, 0.05) is 25.4 Å². The highest BCUT2D eigenvalue weighted by molar-refractivity contribution is 5.92. The summed E-state index contributed by atoms with van der Waals surface area (Å²) in [5, 5.41) is 18.2. The Kier molecular flexibility index (Phi) is 9.04. The number of hydroxylamine groups is 1. The van der Waals surface area contributed by atoms with E-state index in [1.54, 1.807) is 17.7 Å². The highest BCUT2D eigenvalue weighted by atomic mass is 19.1. The number of carbonyl (C=O) groups excluding carboxylic acids is 1. The van der Waals surface area contributed by atoms with E-state index in [2.05, 4.69) is 4.98 Å². The lowest BCUT2D eigenvalue weighted by Gasteiger charge is -2.22. The van der Waals surface area contributed by atoms with Crippen LogP contribution in [0, 0.1) is 18.6 Å². The molecule has 0 radical (unpaired) electrons. The molecule has 6 nitrogen and oxygen atoms in total. The average Bonchev–Trinajstić information content (AvgIpc) is 2.73. The molecule has 0 bridgehead atoms. The van der Waals surface area contributed by atoms with Gasteiger partial charge in [0.25, 0.3) is 5.91 Å². The number of hydrogen-bond donors (Lipinski definition) is 3. The fraction of sp³-hybridized carbons (Fsp3) is 0.364. The summed E-state index contributed by atoms with van der Waals surface area (Å²) in [4.78, 5) is 17.9. The third kappa shape index (κ3) is 6.41. The number of nitrogens with zero attached hydrogens (tertiary/aromatic N) is 2. The van der Waals surface area contributed by atoms with Crippen LogP contribution in [0.25, 0.3) is 5.57 Å². The molecule has 1 aromatic carbocycles. The zero-order valence-corrected chi connectivity index (χ0v) is 17.2. The second-order valence-corrected chi connectivity index (χ2v) is 6.92. The first kappa shape index (κ1) is 23.6. The lowest BCUT2D eigenvalue weighted by molar-refractivity contribution is 0.0700. The summed E-state index contributed by atoms with van der Waals surface area (Å²) in [6.07, 6.45) is 4.38. The van der Waals surface area contributed by atoms with Crippen LogP contribution in [-0.2, 0) is 6.42 Å². The maximum Gasteiger partial charge on any atom is 0.293 e. The lowest BCUT2D eigenvalue weighted by atomic mass is 9.98. The van der Waals surface area contributed by atoms with E-state index in [9.17, 15) is 18.7 Å². The summed E-state index contributed by atoms with van der Waals surface area (Å²) >= 11 is 0. The molecule has 0 aliphatic heterocycles. The van der Waals surface area contributed by atoms with Crippen molar-refractivity contribution >= 4 is 11.5 Å². The molecule has 0 atom stereocenters. The molecule has 0 aliphatic carbocycles. The van der Waals surface area contributed by atoms with Gasteiger partial charge in [-0.2, -0.15) is 0 Å². The Balaban J connectivity index is 2.34. The van der Waals surface area contributed by atoms with Crippen LogP contribution in [0.2, 0.25) is 0 Å². The van der Waals surface area contributed by atoms with Gasteiger partial charge >= 0.3 is 0 Å². The predicted molar refractivity (Wildman–Crippen MR) is 110 cm³/mol. The third-order valence-electron chi connectivity index (χ3n) is 4.86. The first-order valence-electron chi connectivity index (χ1n) is 9.77. The minimum absolute atomic E-state index is 0.00933. The Bertz CT molecular complexity index is 903. The van der Waals surface area contributed by atoms with Crippen molar-refractivity contribution in [2.45, 2.75) is 26.7 Å². The molecule has 1 aromatic heterocycles. The molecule has 162 valence electrons. The number of hydrogen-bond acceptors (Lipinski definition) is 5. The van der Waals surface area contributed by atoms with Gasteiger partial charge in [0.1, 0.15) is 17.3 Å². The molecule has 0 unspecified atom stereocenters. The van der Waals surface area contributed by atoms with E-state index in [4.69, 9.17) is 5.21 Å². The van der Waals surface area contributed by atoms with Crippen molar-refractivity contribution in [1.29, 1.82) is 0 Å². The molecule has 1 amide bonds. The minimum Gasteiger partial charge on any atom is -0.395 e. The first-order valence-corrected chi connectivity index (χ1v) is 9.77. The molecule has 0 spiro atoms. The van der Waals surface area contributed by atoms with Gasteiger partial charge in [0.05, 0.1) is 6.61 Å². The van der Waals surface area contributed by atoms with E-state index in [0.717, 1.165) is 22.8 Å². The number of carbonyl (C=O) groups is 1. The zero-order valence-electron chi connectivity index (χ0n) is 17.2. The number of aliphatic hydroxyl groups excluding tert-OH is 1. The third-order valence-corrected chi connectivity index (χ3v) is 4.86. The second kappa shape index (κ2) is 11.5. The quantitative estimate of drug-likeness (QED) is 0.407. The molecule has 0 saturated carbocycles. The van der Waals surface area contributed by atoms with Crippen LogP contribution in [0.3, 0.4) is 0 Å². The molecular formula is C22H27F2N3O3. The molecular weight excluding hydrogens is 392 g/mol. The molecule has 3 N–H and O–H groups in total. The number of nitrogens with one attached hydrogen (secondary N) is 1. The number of aromatic nitrogens is 1. The smallest absolute Gasteiger partial charge is 0.293 e. The number of likely N-dealkylation sites (N-methyl/N-ethyl adjacent to an activating group) is 1. The van der Waals surface area contributed by atoms with Gasteiger partial charge in [-0.25, -0.2) is 14.3 Å². The Labute approximate surface area is 174 Å². The van der Waals surface area contributed by atoms with Crippen molar-refractivity contribution in [2.24, 2.45) is 0 Å². The summed E-state index contributed by atoms with van der Waals surface area (Å²) in [6.45, 7) is 5.54. The van der Waals surface area contributed by atoms with E-state index < -0.39 is 17.5 Å². The number of pyridine rings is 1. The summed E-state index contributed by atoms with van der Waals surface area (Å²) in [6, 6.07) is 5.13. The fourth-order valence-corrected chi connectivity index (χ4v) is 3.17. The molecule has 0 aliphatic rings. The molecule has 0 saturated heterocycles. The largest absolute Gasteiger partial charge is 0.395 e. The van der Waals surface area contributed by atoms with Crippen LogP contribution in [0.5, 0.6) is 0 Å². The maximum atomic E-state index is 13.9. The summed E-state index contributed by atoms with van der Waals surface area (Å²) in [7, 11) is 0. The molecule has 1 heterocycles. The molecule has 8 heteroatoms. The lowest BCUT2D eigenvalue weighted by Crippen LogP contribution is -2.28. The topological polar surface area (TPSA) is 85.7 Å². The average molecular weight is 419 g/mol. The van der Waals surface area contributed by atoms with Crippen molar-refractivity contribution in [3.8, 4) is 0 Å². The number of rotatable bonds is 10. The van der Waals surface area contributed by atoms with Gasteiger partial charge in [-0.1, -0.05) is 19.1 Å². The van der Waals surface area contributed by atoms with Crippen LogP contribution >= 0.6 is 0 Å². The number of halogens is 2. The molecule has 30 heavy (non-hydrogen) atoms. The van der Waals surface area contributed by atoms with Crippen molar-refractivity contribution in [2.75, 3.05) is 26.2 Å². The van der Waals surface area contributed by atoms with Gasteiger partial charge < -0.3 is 5.11 Å². The summed E-state index contributed by atoms with van der Waals surface area (Å²) in [5.74, 6) is -1.91. The Morgan fingerprint density at radius 3 is 2.70 bits per heavy atom. The van der Waals surface area contributed by atoms with Crippen LogP contribution in [0.15, 0.2) is 36.5 Å². The molecule has 2 aromatic rings. The monoisotopic (exact) mass is 419 g/mol. The number of benzene rings is 1. The summed E-state index contributed by atoms with van der Waals surface area (Å²) < 4.78 is 27.1. The van der Waals surface area contributed by atoms with E-state index in [1.807, 2.05) is 24.8 Å². The number of amides is 1. The highest BCUT2D eigenvalue weighted by Gasteiger charge is 2.14. The van der Waals surface area contributed by atoms with Gasteiger partial charge in [0.2, 0.25) is 0 Å². The molecule has 0 fully saturated rings. The van der Waals surface area contributed by atoms with Crippen molar-refractivity contribution in [3.05, 3.63) is 70.6 Å². The van der Waals surface area contributed by atoms with Gasteiger partial charge in [0.15, 0.2) is 0 Å². The Morgan fingerprint density at radius 2 is 2.07 bits per heavy atom. The van der Waals surface area contributed by atoms with E-state index in [0.29, 0.717) is 38.0 Å².